The van der Waals surface area contributed by atoms with Crippen LogP contribution in [0.4, 0.5) is 0 Å². The molecule has 0 amide bonds. The standard InChI is InChI=1S/C28H34O4.H2S/c1-4-14-28(30)15-13-24-23-11-7-19-16-20(29)8-12-22(19)25(23)26(32-17-27(24,28)2)18-5-9-21(31-3)10-6-18;/h4-6,9-10,16,23-24,26,30H,1,7-8,11-15,17H2,2-3H3;1H2/t23?,24?,26-,27-,28-;/m0./s1. The molecule has 1 aliphatic heterocycles. The molecular formula is C28H36O4S. The molecule has 0 radical (unpaired) electrons. The van der Waals surface area contributed by atoms with Gasteiger partial charge in [0, 0.05) is 11.8 Å². The van der Waals surface area contributed by atoms with E-state index in [9.17, 15) is 9.90 Å². The number of carbonyl (C=O) groups is 1. The number of carbonyl (C=O) groups excluding carboxylic acids is 1. The van der Waals surface area contributed by atoms with Crippen molar-refractivity contribution in [2.24, 2.45) is 17.3 Å². The van der Waals surface area contributed by atoms with E-state index in [-0.39, 0.29) is 30.8 Å². The Labute approximate surface area is 204 Å². The first kappa shape index (κ1) is 24.3. The Bertz CT molecular complexity index is 994. The zero-order chi connectivity index (χ0) is 22.5. The van der Waals surface area contributed by atoms with Gasteiger partial charge in [0.1, 0.15) is 11.9 Å². The lowest BCUT2D eigenvalue weighted by Crippen LogP contribution is -2.48. The van der Waals surface area contributed by atoms with Gasteiger partial charge in [0.15, 0.2) is 5.78 Å². The summed E-state index contributed by atoms with van der Waals surface area (Å²) in [4.78, 5) is 12.2. The predicted octanol–water partition coefficient (Wildman–Crippen LogP) is 5.60. The molecule has 0 spiro atoms. The summed E-state index contributed by atoms with van der Waals surface area (Å²) in [6, 6.07) is 8.17. The molecule has 5 rings (SSSR count). The molecule has 33 heavy (non-hydrogen) atoms. The van der Waals surface area contributed by atoms with Crippen LogP contribution in [0.15, 0.2) is 59.7 Å². The average Bonchev–Trinajstić information content (AvgIpc) is 2.96. The molecule has 1 aromatic rings. The number of benzene rings is 1. The largest absolute Gasteiger partial charge is 0.497 e. The average molecular weight is 469 g/mol. The summed E-state index contributed by atoms with van der Waals surface area (Å²) < 4.78 is 12.1. The van der Waals surface area contributed by atoms with Crippen LogP contribution in [0.2, 0.25) is 0 Å². The van der Waals surface area contributed by atoms with Crippen LogP contribution >= 0.6 is 13.5 Å². The van der Waals surface area contributed by atoms with E-state index in [1.807, 2.05) is 24.3 Å². The van der Waals surface area contributed by atoms with Crippen LogP contribution in [0.5, 0.6) is 5.75 Å². The number of methoxy groups -OCH3 is 1. The van der Waals surface area contributed by atoms with Crippen molar-refractivity contribution in [1.82, 2.24) is 0 Å². The van der Waals surface area contributed by atoms with Gasteiger partial charge in [-0.05, 0) is 90.9 Å². The molecule has 4 aliphatic rings. The van der Waals surface area contributed by atoms with E-state index in [0.29, 0.717) is 31.3 Å². The minimum atomic E-state index is -0.789. The summed E-state index contributed by atoms with van der Waals surface area (Å²) in [5.74, 6) is 1.78. The van der Waals surface area contributed by atoms with Gasteiger partial charge in [-0.3, -0.25) is 4.79 Å². The van der Waals surface area contributed by atoms with Crippen molar-refractivity contribution in [3.8, 4) is 5.75 Å². The van der Waals surface area contributed by atoms with Gasteiger partial charge in [0.05, 0.1) is 19.3 Å². The summed E-state index contributed by atoms with van der Waals surface area (Å²) in [7, 11) is 1.68. The maximum atomic E-state index is 12.2. The fourth-order valence-electron chi connectivity index (χ4n) is 6.98. The number of hydrogen-bond donors (Lipinski definition) is 1. The second-order valence-corrected chi connectivity index (χ2v) is 10.3. The Morgan fingerprint density at radius 3 is 2.67 bits per heavy atom. The van der Waals surface area contributed by atoms with Crippen molar-refractivity contribution in [1.29, 1.82) is 0 Å². The third-order valence-corrected chi connectivity index (χ3v) is 8.79. The molecule has 1 saturated heterocycles. The SMILES string of the molecule is C=CC[C@]1(O)CCC2C3CCC4=CC(=O)CCC4=C3[C@H](c3ccc(OC)cc3)OC[C@@]21C.S. The van der Waals surface area contributed by atoms with Gasteiger partial charge in [-0.1, -0.05) is 25.1 Å². The topological polar surface area (TPSA) is 55.8 Å². The van der Waals surface area contributed by atoms with Crippen molar-refractivity contribution >= 4 is 19.3 Å². The summed E-state index contributed by atoms with van der Waals surface area (Å²) in [6.07, 6.45) is 9.28. The second kappa shape index (κ2) is 9.09. The van der Waals surface area contributed by atoms with Crippen LogP contribution in [0.25, 0.3) is 0 Å². The highest BCUT2D eigenvalue weighted by Crippen LogP contribution is 2.62. The Kier molecular flexibility index (Phi) is 6.69. The van der Waals surface area contributed by atoms with Gasteiger partial charge in [0.2, 0.25) is 0 Å². The predicted molar refractivity (Wildman–Crippen MR) is 135 cm³/mol. The van der Waals surface area contributed by atoms with Crippen LogP contribution in [0, 0.1) is 17.3 Å². The number of fused-ring (bicyclic) bond motifs is 4. The molecule has 0 bridgehead atoms. The summed E-state index contributed by atoms with van der Waals surface area (Å²) in [5.41, 5.74) is 3.90. The first-order chi connectivity index (χ1) is 15.4. The molecule has 2 unspecified atom stereocenters. The van der Waals surface area contributed by atoms with Gasteiger partial charge < -0.3 is 14.6 Å². The van der Waals surface area contributed by atoms with E-state index >= 15 is 0 Å². The van der Waals surface area contributed by atoms with Gasteiger partial charge in [-0.2, -0.15) is 13.5 Å². The highest BCUT2D eigenvalue weighted by Gasteiger charge is 2.60. The van der Waals surface area contributed by atoms with E-state index in [0.717, 1.165) is 43.4 Å². The highest BCUT2D eigenvalue weighted by atomic mass is 32.1. The minimum absolute atomic E-state index is 0. The van der Waals surface area contributed by atoms with Crippen LogP contribution in [-0.2, 0) is 9.53 Å². The number of rotatable bonds is 4. The maximum Gasteiger partial charge on any atom is 0.156 e. The molecular weight excluding hydrogens is 432 g/mol. The van der Waals surface area contributed by atoms with Crippen molar-refractivity contribution in [2.45, 2.75) is 63.6 Å². The first-order valence-corrected chi connectivity index (χ1v) is 12.0. The number of allylic oxidation sites excluding steroid dienone is 3. The van der Waals surface area contributed by atoms with Crippen LogP contribution in [-0.4, -0.2) is 30.2 Å². The molecule has 178 valence electrons. The smallest absolute Gasteiger partial charge is 0.156 e. The molecule has 5 heteroatoms. The molecule has 1 aromatic carbocycles. The lowest BCUT2D eigenvalue weighted by atomic mass is 9.61. The van der Waals surface area contributed by atoms with Gasteiger partial charge in [0.25, 0.3) is 0 Å². The third kappa shape index (κ3) is 3.82. The molecule has 1 heterocycles. The van der Waals surface area contributed by atoms with Crippen LogP contribution < -0.4 is 4.74 Å². The van der Waals surface area contributed by atoms with Gasteiger partial charge in [-0.15, -0.1) is 6.58 Å². The highest BCUT2D eigenvalue weighted by molar-refractivity contribution is 7.59. The molecule has 4 nitrogen and oxygen atoms in total. The zero-order valence-corrected chi connectivity index (χ0v) is 20.7. The number of ether oxygens (including phenoxy) is 2. The third-order valence-electron chi connectivity index (χ3n) is 8.79. The number of aliphatic hydroxyl groups is 1. The summed E-state index contributed by atoms with van der Waals surface area (Å²) in [5, 5.41) is 11.7. The second-order valence-electron chi connectivity index (χ2n) is 10.3. The first-order valence-electron chi connectivity index (χ1n) is 12.0. The van der Waals surface area contributed by atoms with Gasteiger partial charge in [-0.25, -0.2) is 0 Å². The van der Waals surface area contributed by atoms with Crippen LogP contribution in [0.3, 0.4) is 0 Å². The van der Waals surface area contributed by atoms with Crippen molar-refractivity contribution in [2.75, 3.05) is 13.7 Å². The van der Waals surface area contributed by atoms with Crippen molar-refractivity contribution in [3.05, 3.63) is 65.3 Å². The molecule has 1 saturated carbocycles. The minimum Gasteiger partial charge on any atom is -0.497 e. The van der Waals surface area contributed by atoms with E-state index < -0.39 is 5.60 Å². The van der Waals surface area contributed by atoms with Crippen LogP contribution in [0.1, 0.15) is 63.5 Å². The Balaban J connectivity index is 0.00000259. The van der Waals surface area contributed by atoms with E-state index in [1.54, 1.807) is 7.11 Å². The molecule has 2 fully saturated rings. The molecule has 3 aliphatic carbocycles. The van der Waals surface area contributed by atoms with E-state index in [4.69, 9.17) is 9.47 Å². The van der Waals surface area contributed by atoms with E-state index in [2.05, 4.69) is 25.6 Å². The fraction of sp³-hybridized carbons (Fsp3) is 0.536. The Morgan fingerprint density at radius 2 is 1.97 bits per heavy atom. The van der Waals surface area contributed by atoms with Gasteiger partial charge >= 0.3 is 0 Å². The normalized spacial score (nSPS) is 35.4. The lowest BCUT2D eigenvalue weighted by Gasteiger charge is -2.44. The Morgan fingerprint density at radius 1 is 1.21 bits per heavy atom. The monoisotopic (exact) mass is 468 g/mol. The molecule has 1 N–H and O–H groups in total. The summed E-state index contributed by atoms with van der Waals surface area (Å²) >= 11 is 0. The van der Waals surface area contributed by atoms with E-state index in [1.165, 1.54) is 16.7 Å². The molecule has 0 aromatic heterocycles. The number of hydrogen-bond acceptors (Lipinski definition) is 4. The fourth-order valence-corrected chi connectivity index (χ4v) is 6.98. The zero-order valence-electron chi connectivity index (χ0n) is 19.7. The maximum absolute atomic E-state index is 12.2. The quantitative estimate of drug-likeness (QED) is 0.585. The summed E-state index contributed by atoms with van der Waals surface area (Å²) in [6.45, 7) is 6.66. The van der Waals surface area contributed by atoms with Crippen molar-refractivity contribution in [3.63, 3.8) is 0 Å². The number of ketones is 1. The Hall–Kier alpha value is -1.82. The lowest BCUT2D eigenvalue weighted by molar-refractivity contribution is -0.114. The molecule has 5 atom stereocenters. The van der Waals surface area contributed by atoms with Crippen molar-refractivity contribution < 1.29 is 19.4 Å².